The second-order valence-electron chi connectivity index (χ2n) is 24.3. The minimum absolute atomic E-state index is 0.0220. The minimum Gasteiger partial charge on any atom is -0.445 e. The van der Waals surface area contributed by atoms with Crippen LogP contribution >= 0.6 is 0 Å². The number of rotatable bonds is 36. The molecular weight excluding hydrogens is 1100 g/mol. The van der Waals surface area contributed by atoms with Crippen molar-refractivity contribution in [2.75, 3.05) is 39.6 Å². The summed E-state index contributed by atoms with van der Waals surface area (Å²) in [5.74, 6) is -4.28. The first-order valence-corrected chi connectivity index (χ1v) is 31.0. The Hall–Kier alpha value is -6.81. The molecule has 22 heteroatoms. The van der Waals surface area contributed by atoms with Crippen LogP contribution in [0.1, 0.15) is 170 Å². The Morgan fingerprint density at radius 1 is 0.733 bits per heavy atom. The molecule has 0 spiro atoms. The molecule has 0 aliphatic carbocycles. The molecule has 1 saturated heterocycles. The first-order valence-electron chi connectivity index (χ1n) is 31.0. The van der Waals surface area contributed by atoms with Crippen molar-refractivity contribution in [2.45, 2.75) is 214 Å². The Kier molecular flexibility index (Phi) is 31.6. The molecule has 1 aliphatic heterocycles. The number of carbonyl (C=O) groups is 9. The third kappa shape index (κ3) is 23.1. The zero-order valence-corrected chi connectivity index (χ0v) is 53.7. The van der Waals surface area contributed by atoms with Crippen molar-refractivity contribution in [1.29, 1.82) is 0 Å². The number of aliphatic hydroxyl groups excluding tert-OH is 1. The van der Waals surface area contributed by atoms with E-state index in [9.17, 15) is 48.3 Å². The van der Waals surface area contributed by atoms with Crippen molar-refractivity contribution in [1.82, 2.24) is 41.3 Å². The smallest absolute Gasteiger partial charge is 0.410 e. The lowest BCUT2D eigenvalue weighted by atomic mass is 9.89. The van der Waals surface area contributed by atoms with Crippen molar-refractivity contribution in [3.8, 4) is 0 Å². The number of nitrogens with one attached hydrogen (secondary N) is 6. The molecule has 3 rings (SSSR count). The predicted molar refractivity (Wildman–Crippen MR) is 332 cm³/mol. The van der Waals surface area contributed by atoms with E-state index < -0.39 is 102 Å². The second kappa shape index (κ2) is 37.0. The molecule has 0 bridgehead atoms. The summed E-state index contributed by atoms with van der Waals surface area (Å²) in [7, 11) is 4.63. The normalized spacial score (nSPS) is 16.7. The van der Waals surface area contributed by atoms with Gasteiger partial charge in [0.05, 0.1) is 30.7 Å². The highest BCUT2D eigenvalue weighted by atomic mass is 16.6. The number of unbranched alkanes of at least 4 members (excludes halogenated alkanes) is 3. The van der Waals surface area contributed by atoms with Gasteiger partial charge < -0.3 is 62.0 Å². The molecule has 1 heterocycles. The van der Waals surface area contributed by atoms with Crippen molar-refractivity contribution < 1.29 is 57.7 Å². The monoisotopic (exact) mass is 1200 g/mol. The Labute approximate surface area is 511 Å². The largest absolute Gasteiger partial charge is 0.445 e. The quantitative estimate of drug-likeness (QED) is 0.0322. The number of methoxy groups -OCH3 is 1. The van der Waals surface area contributed by atoms with Gasteiger partial charge >= 0.3 is 12.1 Å². The van der Waals surface area contributed by atoms with Crippen LogP contribution in [0, 0.1) is 29.6 Å². The SMILES string of the molecule is CCCCCCC(=O)N[C@H](C(=O)N[C@@H](CCCNC(N)=O)C(=O)Nc1ccc(COC(=O)N(C)[C@H](C(=O)N[C@H](C(=O)N(C)C([C@@H](C)CC)[C@@H](CC(=O)N2CCC[C@H]2C[C@@H](C)C(=O)N[C@H](C)[C@@H](O)c2ccccc2)OC)C(C)C)C(C)C)cc1)C(C)C. The number of likely N-dealkylation sites (tertiary alicyclic amines) is 1. The topological polar surface area (TPSA) is 300 Å². The van der Waals surface area contributed by atoms with Crippen LogP contribution in [0.3, 0.4) is 0 Å². The second-order valence-corrected chi connectivity index (χ2v) is 24.3. The molecular formula is C64H104N10O12. The number of aliphatic hydroxyl groups is 1. The number of amides is 10. The van der Waals surface area contributed by atoms with Crippen molar-refractivity contribution in [3.05, 3.63) is 65.7 Å². The van der Waals surface area contributed by atoms with Gasteiger partial charge in [-0.2, -0.15) is 0 Å². The number of anilines is 1. The van der Waals surface area contributed by atoms with Gasteiger partial charge in [0.2, 0.25) is 41.4 Å². The van der Waals surface area contributed by atoms with Crippen LogP contribution in [0.5, 0.6) is 0 Å². The Bertz CT molecular complexity index is 2480. The van der Waals surface area contributed by atoms with Crippen molar-refractivity contribution >= 4 is 59.2 Å². The zero-order valence-electron chi connectivity index (χ0n) is 53.7. The van der Waals surface area contributed by atoms with E-state index in [4.69, 9.17) is 15.2 Å². The van der Waals surface area contributed by atoms with Gasteiger partial charge in [-0.3, -0.25) is 38.5 Å². The number of likely N-dealkylation sites (N-methyl/N-ethyl adjacent to an activating group) is 2. The van der Waals surface area contributed by atoms with Gasteiger partial charge in [0.1, 0.15) is 30.8 Å². The van der Waals surface area contributed by atoms with E-state index in [1.54, 1.807) is 70.8 Å². The minimum atomic E-state index is -1.05. The molecule has 9 N–H and O–H groups in total. The summed E-state index contributed by atoms with van der Waals surface area (Å²) >= 11 is 0. The summed E-state index contributed by atoms with van der Waals surface area (Å²) in [5, 5.41) is 27.7. The lowest BCUT2D eigenvalue weighted by molar-refractivity contribution is -0.146. The van der Waals surface area contributed by atoms with Crippen LogP contribution in [0.2, 0.25) is 0 Å². The highest BCUT2D eigenvalue weighted by Crippen LogP contribution is 2.29. The van der Waals surface area contributed by atoms with E-state index in [0.717, 1.165) is 32.1 Å². The predicted octanol–water partition coefficient (Wildman–Crippen LogP) is 6.94. The first-order chi connectivity index (χ1) is 40.7. The third-order valence-electron chi connectivity index (χ3n) is 16.4. The number of nitrogens with two attached hydrogens (primary N) is 1. The molecule has 0 saturated carbocycles. The van der Waals surface area contributed by atoms with Crippen molar-refractivity contribution in [2.24, 2.45) is 35.3 Å². The Morgan fingerprint density at radius 3 is 1.97 bits per heavy atom. The van der Waals surface area contributed by atoms with Gasteiger partial charge in [0.15, 0.2) is 0 Å². The summed E-state index contributed by atoms with van der Waals surface area (Å²) in [6.07, 6.45) is 4.54. The first kappa shape index (κ1) is 73.4. The van der Waals surface area contributed by atoms with Crippen LogP contribution in [0.25, 0.3) is 0 Å². The van der Waals surface area contributed by atoms with Gasteiger partial charge in [0, 0.05) is 58.4 Å². The van der Waals surface area contributed by atoms with Gasteiger partial charge in [-0.25, -0.2) is 9.59 Å². The lowest BCUT2D eigenvalue weighted by Gasteiger charge is -2.40. The van der Waals surface area contributed by atoms with E-state index in [2.05, 4.69) is 38.8 Å². The molecule has 1 unspecified atom stereocenters. The van der Waals surface area contributed by atoms with E-state index in [1.807, 2.05) is 69.9 Å². The molecule has 1 fully saturated rings. The lowest BCUT2D eigenvalue weighted by Crippen LogP contribution is -2.60. The fourth-order valence-corrected chi connectivity index (χ4v) is 11.0. The molecule has 0 aromatic heterocycles. The number of nitrogens with zero attached hydrogens (tertiary/aromatic N) is 3. The van der Waals surface area contributed by atoms with Crippen LogP contribution in [0.4, 0.5) is 15.3 Å². The molecule has 2 aromatic rings. The fourth-order valence-electron chi connectivity index (χ4n) is 11.0. The standard InChI is InChI=1S/C64H104N10O12/c1-15-17-18-22-29-51(75)70-53(39(3)4)60(80)69-49(28-23-34-66-63(65)83)59(79)68-47-32-30-45(31-33-47)38-86-64(84)73(13)55(41(7)8)61(81)71-54(40(5)6)62(82)72(12)56(42(9)16-2)50(85-14)37-52(76)74-35-24-27-48(74)36-43(10)58(78)67-44(11)57(77)46-25-20-19-21-26-46/h19-21,25-26,30-33,39-44,48-50,53-57,77H,15-18,22-24,27-29,34-38H2,1-14H3,(H,67,78)(H,68,79)(H,69,80)(H,70,75)(H,71,81)(H3,65,66,83)/t42-,43+,44+,48-,49-,50+,53-,54-,55-,56?,57+/m0/s1. The van der Waals surface area contributed by atoms with E-state index in [1.165, 1.54) is 19.1 Å². The van der Waals surface area contributed by atoms with Gasteiger partial charge in [-0.15, -0.1) is 0 Å². The maximum Gasteiger partial charge on any atom is 0.410 e. The van der Waals surface area contributed by atoms with Gasteiger partial charge in [-0.05, 0) is 92.4 Å². The number of ether oxygens (including phenoxy) is 2. The number of urea groups is 1. The summed E-state index contributed by atoms with van der Waals surface area (Å²) in [4.78, 5) is 126. The Balaban J connectivity index is 1.67. The zero-order chi connectivity index (χ0) is 64.4. The molecule has 0 radical (unpaired) electrons. The Morgan fingerprint density at radius 2 is 1.38 bits per heavy atom. The maximum atomic E-state index is 14.7. The van der Waals surface area contributed by atoms with E-state index in [-0.39, 0.29) is 68.0 Å². The molecule has 22 nitrogen and oxygen atoms in total. The van der Waals surface area contributed by atoms with Crippen LogP contribution in [-0.4, -0.2) is 156 Å². The summed E-state index contributed by atoms with van der Waals surface area (Å²) in [6.45, 7) is 20.9. The van der Waals surface area contributed by atoms with Crippen LogP contribution in [-0.2, 0) is 49.6 Å². The summed E-state index contributed by atoms with van der Waals surface area (Å²) in [5.41, 5.74) is 6.87. The molecule has 2 aromatic carbocycles. The number of hydrogen-bond donors (Lipinski definition) is 8. The number of carbonyl (C=O) groups excluding carboxylic acids is 9. The fraction of sp³-hybridized carbons (Fsp3) is 0.672. The number of benzene rings is 2. The highest BCUT2D eigenvalue weighted by Gasteiger charge is 2.42. The molecule has 86 heavy (non-hydrogen) atoms. The maximum absolute atomic E-state index is 14.7. The summed E-state index contributed by atoms with van der Waals surface area (Å²) in [6, 6.07) is 9.62. The average Bonchev–Trinajstić information content (AvgIpc) is 3.37. The van der Waals surface area contributed by atoms with Gasteiger partial charge in [-0.1, -0.05) is 137 Å². The molecule has 1 aliphatic rings. The van der Waals surface area contributed by atoms with E-state index in [0.29, 0.717) is 49.0 Å². The summed E-state index contributed by atoms with van der Waals surface area (Å²) < 4.78 is 11.8. The average molecular weight is 1210 g/mol. The highest BCUT2D eigenvalue weighted by molar-refractivity contribution is 5.98. The van der Waals surface area contributed by atoms with Crippen LogP contribution in [0.15, 0.2) is 54.6 Å². The third-order valence-corrected chi connectivity index (χ3v) is 16.4. The van der Waals surface area contributed by atoms with Gasteiger partial charge in [0.25, 0.3) is 0 Å². The molecule has 482 valence electrons. The van der Waals surface area contributed by atoms with Crippen molar-refractivity contribution in [3.63, 3.8) is 0 Å². The molecule has 11 atom stereocenters. The number of primary amides is 1. The van der Waals surface area contributed by atoms with E-state index >= 15 is 0 Å². The van der Waals surface area contributed by atoms with Crippen LogP contribution < -0.4 is 37.6 Å². The molecule has 10 amide bonds. The number of hydrogen-bond acceptors (Lipinski definition) is 12.